The molecule has 19 heavy (non-hydrogen) atoms. The van der Waals surface area contributed by atoms with Crippen LogP contribution in [-0.4, -0.2) is 9.78 Å². The fraction of sp³-hybridized carbons (Fsp3) is 0.308. The topological polar surface area (TPSA) is 55.9 Å². The Morgan fingerprint density at radius 3 is 2.53 bits per heavy atom. The van der Waals surface area contributed by atoms with Gasteiger partial charge in [0.15, 0.2) is 5.82 Å². The summed E-state index contributed by atoms with van der Waals surface area (Å²) in [5, 5.41) is 8.69. The lowest BCUT2D eigenvalue weighted by Crippen LogP contribution is -2.06. The van der Waals surface area contributed by atoms with Gasteiger partial charge < -0.3 is 11.1 Å². The van der Waals surface area contributed by atoms with Crippen molar-refractivity contribution in [3.05, 3.63) is 33.9 Å². The van der Waals surface area contributed by atoms with Crippen LogP contribution in [0.15, 0.2) is 18.2 Å². The van der Waals surface area contributed by atoms with E-state index in [4.69, 9.17) is 28.9 Å². The first-order valence-corrected chi connectivity index (χ1v) is 6.84. The van der Waals surface area contributed by atoms with E-state index in [9.17, 15) is 0 Å². The van der Waals surface area contributed by atoms with E-state index >= 15 is 0 Å². The minimum absolute atomic E-state index is 0.550. The van der Waals surface area contributed by atoms with Crippen LogP contribution in [-0.2, 0) is 6.54 Å². The summed E-state index contributed by atoms with van der Waals surface area (Å²) in [7, 11) is 0. The first-order valence-electron chi connectivity index (χ1n) is 6.08. The van der Waals surface area contributed by atoms with Gasteiger partial charge in [-0.05, 0) is 25.5 Å². The molecule has 0 fully saturated rings. The number of nitrogen functional groups attached to an aromatic ring is 1. The Balaban J connectivity index is 2.43. The molecular weight excluding hydrogens is 283 g/mol. The molecule has 0 aliphatic rings. The number of nitrogens with two attached hydrogens (primary N) is 1. The fourth-order valence-corrected chi connectivity index (χ4v) is 2.33. The molecule has 1 heterocycles. The lowest BCUT2D eigenvalue weighted by atomic mass is 10.3. The van der Waals surface area contributed by atoms with Gasteiger partial charge in [-0.1, -0.05) is 36.2 Å². The second kappa shape index (κ2) is 5.72. The zero-order valence-electron chi connectivity index (χ0n) is 10.9. The van der Waals surface area contributed by atoms with Gasteiger partial charge in [0.25, 0.3) is 0 Å². The minimum Gasteiger partial charge on any atom is -0.394 e. The highest BCUT2D eigenvalue weighted by Crippen LogP contribution is 2.35. The first-order chi connectivity index (χ1) is 9.04. The second-order valence-corrected chi connectivity index (χ2v) is 5.11. The summed E-state index contributed by atoms with van der Waals surface area (Å²) in [6.45, 7) is 4.74. The summed E-state index contributed by atoms with van der Waals surface area (Å²) in [5.41, 5.74) is 8.10. The predicted molar refractivity (Wildman–Crippen MR) is 81.4 cm³/mol. The normalized spacial score (nSPS) is 10.7. The lowest BCUT2D eigenvalue weighted by Gasteiger charge is -2.12. The molecule has 0 aliphatic carbocycles. The van der Waals surface area contributed by atoms with Crippen LogP contribution in [0.1, 0.15) is 19.0 Å². The molecule has 6 heteroatoms. The summed E-state index contributed by atoms with van der Waals surface area (Å²) >= 11 is 12.3. The summed E-state index contributed by atoms with van der Waals surface area (Å²) in [6, 6.07) is 5.35. The van der Waals surface area contributed by atoms with Crippen molar-refractivity contribution in [1.29, 1.82) is 0 Å². The third kappa shape index (κ3) is 2.80. The van der Waals surface area contributed by atoms with Crippen molar-refractivity contribution in [3.8, 4) is 0 Å². The number of para-hydroxylation sites is 1. The minimum atomic E-state index is 0.550. The molecule has 0 amide bonds. The maximum atomic E-state index is 6.15. The Labute approximate surface area is 122 Å². The number of aromatic nitrogens is 2. The smallest absolute Gasteiger partial charge is 0.152 e. The number of hydrogen-bond acceptors (Lipinski definition) is 3. The summed E-state index contributed by atoms with van der Waals surface area (Å²) in [6.07, 6.45) is 0.964. The van der Waals surface area contributed by atoms with Crippen molar-refractivity contribution in [3.63, 3.8) is 0 Å². The summed E-state index contributed by atoms with van der Waals surface area (Å²) < 4.78 is 1.84. The standard InChI is InChI=1S/C13H16Cl2N4/c1-3-7-19-13(11(16)8(2)18-19)17-12-9(14)5-4-6-10(12)15/h4-6,17H,3,7,16H2,1-2H3. The number of benzene rings is 1. The van der Waals surface area contributed by atoms with Gasteiger partial charge in [0.05, 0.1) is 27.1 Å². The number of nitrogens with zero attached hydrogens (tertiary/aromatic N) is 2. The van der Waals surface area contributed by atoms with Gasteiger partial charge in [-0.25, -0.2) is 4.68 Å². The third-order valence-corrected chi connectivity index (χ3v) is 3.45. The molecule has 2 aromatic rings. The first kappa shape index (κ1) is 14.0. The molecular formula is C13H16Cl2N4. The number of aryl methyl sites for hydroxylation is 2. The van der Waals surface area contributed by atoms with Gasteiger partial charge in [0.2, 0.25) is 0 Å². The van der Waals surface area contributed by atoms with Gasteiger partial charge in [0.1, 0.15) is 0 Å². The van der Waals surface area contributed by atoms with Crippen LogP contribution in [0.5, 0.6) is 0 Å². The molecule has 0 bridgehead atoms. The summed E-state index contributed by atoms with van der Waals surface area (Å²) in [5.74, 6) is 0.731. The van der Waals surface area contributed by atoms with Gasteiger partial charge >= 0.3 is 0 Å². The van der Waals surface area contributed by atoms with E-state index in [1.807, 2.05) is 11.6 Å². The molecule has 0 aliphatic heterocycles. The van der Waals surface area contributed by atoms with Crippen molar-refractivity contribution in [2.45, 2.75) is 26.8 Å². The monoisotopic (exact) mass is 298 g/mol. The molecule has 0 radical (unpaired) electrons. The molecule has 1 aromatic carbocycles. The van der Waals surface area contributed by atoms with Gasteiger partial charge in [-0.2, -0.15) is 5.10 Å². The third-order valence-electron chi connectivity index (χ3n) is 2.82. The molecule has 102 valence electrons. The van der Waals surface area contributed by atoms with Gasteiger partial charge in [0, 0.05) is 6.54 Å². The number of nitrogens with one attached hydrogen (secondary N) is 1. The van der Waals surface area contributed by atoms with Crippen molar-refractivity contribution in [1.82, 2.24) is 9.78 Å². The number of hydrogen-bond donors (Lipinski definition) is 2. The average Bonchev–Trinajstić information content (AvgIpc) is 2.62. The Bertz CT molecular complexity index is 572. The second-order valence-electron chi connectivity index (χ2n) is 4.29. The SMILES string of the molecule is CCCn1nc(C)c(N)c1Nc1c(Cl)cccc1Cl. The largest absolute Gasteiger partial charge is 0.394 e. The van der Waals surface area contributed by atoms with E-state index in [-0.39, 0.29) is 0 Å². The lowest BCUT2D eigenvalue weighted by molar-refractivity contribution is 0.605. The highest BCUT2D eigenvalue weighted by molar-refractivity contribution is 6.39. The molecule has 0 spiro atoms. The van der Waals surface area contributed by atoms with Gasteiger partial charge in [-0.15, -0.1) is 0 Å². The predicted octanol–water partition coefficient (Wildman–Crippen LogP) is 4.23. The zero-order valence-corrected chi connectivity index (χ0v) is 12.4. The number of anilines is 3. The van der Waals surface area contributed by atoms with Crippen molar-refractivity contribution in [2.24, 2.45) is 0 Å². The van der Waals surface area contributed by atoms with Gasteiger partial charge in [-0.3, -0.25) is 0 Å². The van der Waals surface area contributed by atoms with Crippen molar-refractivity contribution >= 4 is 40.4 Å². The van der Waals surface area contributed by atoms with Crippen LogP contribution in [0.4, 0.5) is 17.2 Å². The van der Waals surface area contributed by atoms with E-state index < -0.39 is 0 Å². The molecule has 3 N–H and O–H groups in total. The number of rotatable bonds is 4. The summed E-state index contributed by atoms with van der Waals surface area (Å²) in [4.78, 5) is 0. The molecule has 2 rings (SSSR count). The van der Waals surface area contributed by atoms with Crippen LogP contribution >= 0.6 is 23.2 Å². The highest BCUT2D eigenvalue weighted by atomic mass is 35.5. The van der Waals surface area contributed by atoms with E-state index in [1.54, 1.807) is 18.2 Å². The van der Waals surface area contributed by atoms with E-state index in [1.165, 1.54) is 0 Å². The van der Waals surface area contributed by atoms with Crippen LogP contribution in [0.3, 0.4) is 0 Å². The molecule has 0 saturated carbocycles. The Kier molecular flexibility index (Phi) is 4.22. The maximum absolute atomic E-state index is 6.15. The van der Waals surface area contributed by atoms with Crippen LogP contribution in [0.25, 0.3) is 0 Å². The number of halogens is 2. The van der Waals surface area contributed by atoms with Crippen molar-refractivity contribution < 1.29 is 0 Å². The molecule has 0 atom stereocenters. The highest BCUT2D eigenvalue weighted by Gasteiger charge is 2.14. The van der Waals surface area contributed by atoms with E-state index in [2.05, 4.69) is 17.3 Å². The fourth-order valence-electron chi connectivity index (χ4n) is 1.84. The average molecular weight is 299 g/mol. The Morgan fingerprint density at radius 1 is 1.32 bits per heavy atom. The Morgan fingerprint density at radius 2 is 1.95 bits per heavy atom. The van der Waals surface area contributed by atoms with Crippen LogP contribution < -0.4 is 11.1 Å². The van der Waals surface area contributed by atoms with E-state index in [0.29, 0.717) is 21.4 Å². The molecule has 1 aromatic heterocycles. The molecule has 0 saturated heterocycles. The molecule has 0 unspecified atom stereocenters. The zero-order chi connectivity index (χ0) is 14.0. The van der Waals surface area contributed by atoms with E-state index in [0.717, 1.165) is 24.5 Å². The molecule has 4 nitrogen and oxygen atoms in total. The van der Waals surface area contributed by atoms with Crippen LogP contribution in [0.2, 0.25) is 10.0 Å². The van der Waals surface area contributed by atoms with Crippen LogP contribution in [0, 0.1) is 6.92 Å². The quantitative estimate of drug-likeness (QED) is 0.888. The van der Waals surface area contributed by atoms with Crippen molar-refractivity contribution in [2.75, 3.05) is 11.1 Å². The maximum Gasteiger partial charge on any atom is 0.152 e. The Hall–Kier alpha value is -1.39.